The van der Waals surface area contributed by atoms with Crippen LogP contribution in [0.15, 0.2) is 0 Å². The predicted octanol–water partition coefficient (Wildman–Crippen LogP) is 5.52. The van der Waals surface area contributed by atoms with Crippen LogP contribution in [0.4, 0.5) is 0 Å². The standard InChI is InChI=1S/C18H38O/c1-14(11-17(3,4)5)9-16(13-19)10-15(2)12-18(6,7)8/h14-16,19H,9-13H2,1-8H3. The van der Waals surface area contributed by atoms with E-state index in [1.807, 2.05) is 0 Å². The van der Waals surface area contributed by atoms with Gasteiger partial charge < -0.3 is 5.11 Å². The van der Waals surface area contributed by atoms with Crippen LogP contribution >= 0.6 is 0 Å². The zero-order valence-electron chi connectivity index (χ0n) is 14.7. The molecule has 0 aliphatic heterocycles. The molecular weight excluding hydrogens is 232 g/mol. The Morgan fingerprint density at radius 2 is 1.05 bits per heavy atom. The third-order valence-corrected chi connectivity index (χ3v) is 3.65. The molecule has 2 unspecified atom stereocenters. The molecule has 2 atom stereocenters. The summed E-state index contributed by atoms with van der Waals surface area (Å²) < 4.78 is 0. The first-order valence-electron chi connectivity index (χ1n) is 8.04. The molecule has 1 heteroatoms. The second-order valence-corrected chi connectivity index (χ2v) is 9.26. The third-order valence-electron chi connectivity index (χ3n) is 3.65. The molecule has 0 aromatic heterocycles. The van der Waals surface area contributed by atoms with Crippen molar-refractivity contribution in [1.82, 2.24) is 0 Å². The highest BCUT2D eigenvalue weighted by molar-refractivity contribution is 4.73. The smallest absolute Gasteiger partial charge is 0.0459 e. The lowest BCUT2D eigenvalue weighted by molar-refractivity contribution is 0.154. The summed E-state index contributed by atoms with van der Waals surface area (Å²) in [5.41, 5.74) is 0.799. The van der Waals surface area contributed by atoms with Crippen LogP contribution in [-0.4, -0.2) is 11.7 Å². The van der Waals surface area contributed by atoms with Gasteiger partial charge in [0, 0.05) is 6.61 Å². The van der Waals surface area contributed by atoms with Crippen molar-refractivity contribution in [3.63, 3.8) is 0 Å². The Bertz CT molecular complexity index is 207. The van der Waals surface area contributed by atoms with Crippen molar-refractivity contribution in [2.45, 2.75) is 81.1 Å². The summed E-state index contributed by atoms with van der Waals surface area (Å²) in [6, 6.07) is 0. The van der Waals surface area contributed by atoms with E-state index in [0.717, 1.165) is 0 Å². The molecule has 0 aromatic carbocycles. The fraction of sp³-hybridized carbons (Fsp3) is 1.00. The lowest BCUT2D eigenvalue weighted by Crippen LogP contribution is -2.20. The lowest BCUT2D eigenvalue weighted by Gasteiger charge is -2.29. The van der Waals surface area contributed by atoms with Crippen molar-refractivity contribution in [2.75, 3.05) is 6.61 Å². The highest BCUT2D eigenvalue weighted by atomic mass is 16.3. The van der Waals surface area contributed by atoms with Gasteiger partial charge in [0.15, 0.2) is 0 Å². The van der Waals surface area contributed by atoms with E-state index in [9.17, 15) is 5.11 Å². The summed E-state index contributed by atoms with van der Waals surface area (Å²) in [5.74, 6) is 1.90. The average molecular weight is 271 g/mol. The van der Waals surface area contributed by atoms with Crippen LogP contribution < -0.4 is 0 Å². The summed E-state index contributed by atoms with van der Waals surface area (Å²) in [5, 5.41) is 9.62. The number of aliphatic hydroxyl groups is 1. The van der Waals surface area contributed by atoms with Crippen molar-refractivity contribution in [3.8, 4) is 0 Å². The molecule has 0 amide bonds. The zero-order chi connectivity index (χ0) is 15.3. The zero-order valence-corrected chi connectivity index (χ0v) is 14.7. The maximum Gasteiger partial charge on any atom is 0.0459 e. The van der Waals surface area contributed by atoms with Gasteiger partial charge in [0.2, 0.25) is 0 Å². The van der Waals surface area contributed by atoms with Gasteiger partial charge >= 0.3 is 0 Å². The van der Waals surface area contributed by atoms with Crippen LogP contribution in [0.25, 0.3) is 0 Å². The van der Waals surface area contributed by atoms with E-state index in [-0.39, 0.29) is 0 Å². The summed E-state index contributed by atoms with van der Waals surface area (Å²) in [6.45, 7) is 18.9. The monoisotopic (exact) mass is 270 g/mol. The van der Waals surface area contributed by atoms with E-state index in [0.29, 0.717) is 35.2 Å². The quantitative estimate of drug-likeness (QED) is 0.646. The molecule has 0 aromatic rings. The van der Waals surface area contributed by atoms with Crippen LogP contribution in [0.5, 0.6) is 0 Å². The second-order valence-electron chi connectivity index (χ2n) is 9.26. The summed E-state index contributed by atoms with van der Waals surface area (Å²) >= 11 is 0. The maximum atomic E-state index is 9.62. The molecule has 0 saturated carbocycles. The van der Waals surface area contributed by atoms with Crippen LogP contribution in [0.3, 0.4) is 0 Å². The largest absolute Gasteiger partial charge is 0.396 e. The van der Waals surface area contributed by atoms with Gasteiger partial charge in [0.05, 0.1) is 0 Å². The van der Waals surface area contributed by atoms with Gasteiger partial charge in [-0.1, -0.05) is 55.4 Å². The molecule has 0 fully saturated rings. The summed E-state index contributed by atoms with van der Waals surface area (Å²) in [4.78, 5) is 0. The van der Waals surface area contributed by atoms with Gasteiger partial charge in [-0.3, -0.25) is 0 Å². The highest BCUT2D eigenvalue weighted by Gasteiger charge is 2.22. The third kappa shape index (κ3) is 11.5. The highest BCUT2D eigenvalue weighted by Crippen LogP contribution is 2.32. The molecule has 0 rings (SSSR count). The molecule has 0 aliphatic rings. The Balaban J connectivity index is 4.21. The van der Waals surface area contributed by atoms with Gasteiger partial charge in [-0.25, -0.2) is 0 Å². The molecule has 0 spiro atoms. The van der Waals surface area contributed by atoms with Crippen molar-refractivity contribution >= 4 is 0 Å². The summed E-state index contributed by atoms with van der Waals surface area (Å²) in [7, 11) is 0. The normalized spacial score (nSPS) is 18.2. The molecule has 116 valence electrons. The topological polar surface area (TPSA) is 20.2 Å². The van der Waals surface area contributed by atoms with Crippen LogP contribution in [-0.2, 0) is 0 Å². The summed E-state index contributed by atoms with van der Waals surface area (Å²) in [6.07, 6.45) is 4.83. The SMILES string of the molecule is CC(CC(CO)CC(C)CC(C)(C)C)CC(C)(C)C. The lowest BCUT2D eigenvalue weighted by atomic mass is 9.77. The number of hydrogen-bond donors (Lipinski definition) is 1. The Hall–Kier alpha value is -0.0400. The first-order chi connectivity index (χ1) is 8.43. The van der Waals surface area contributed by atoms with Crippen LogP contribution in [0, 0.1) is 28.6 Å². The molecule has 19 heavy (non-hydrogen) atoms. The fourth-order valence-electron chi connectivity index (χ4n) is 3.64. The second kappa shape index (κ2) is 7.67. The van der Waals surface area contributed by atoms with Crippen molar-refractivity contribution < 1.29 is 5.11 Å². The molecule has 1 nitrogen and oxygen atoms in total. The van der Waals surface area contributed by atoms with E-state index in [1.54, 1.807) is 0 Å². The number of rotatable bonds is 7. The Kier molecular flexibility index (Phi) is 7.65. The average Bonchev–Trinajstić information content (AvgIpc) is 2.10. The Labute approximate surface area is 122 Å². The predicted molar refractivity (Wildman–Crippen MR) is 86.3 cm³/mol. The molecular formula is C18H38O. The van der Waals surface area contributed by atoms with E-state index >= 15 is 0 Å². The first kappa shape index (κ1) is 19.0. The minimum atomic E-state index is 0.350. The number of hydrogen-bond acceptors (Lipinski definition) is 1. The molecule has 0 heterocycles. The van der Waals surface area contributed by atoms with E-state index in [1.165, 1.54) is 25.7 Å². The van der Waals surface area contributed by atoms with Crippen molar-refractivity contribution in [3.05, 3.63) is 0 Å². The Morgan fingerprint density at radius 1 is 0.737 bits per heavy atom. The maximum absolute atomic E-state index is 9.62. The Morgan fingerprint density at radius 3 is 1.26 bits per heavy atom. The molecule has 0 bridgehead atoms. The molecule has 0 radical (unpaired) electrons. The van der Waals surface area contributed by atoms with Crippen molar-refractivity contribution in [1.29, 1.82) is 0 Å². The fourth-order valence-corrected chi connectivity index (χ4v) is 3.64. The first-order valence-corrected chi connectivity index (χ1v) is 8.04. The van der Waals surface area contributed by atoms with Crippen LogP contribution in [0.1, 0.15) is 81.1 Å². The number of aliphatic hydroxyl groups excluding tert-OH is 1. The van der Waals surface area contributed by atoms with E-state index < -0.39 is 0 Å². The van der Waals surface area contributed by atoms with E-state index in [2.05, 4.69) is 55.4 Å². The van der Waals surface area contributed by atoms with Gasteiger partial charge in [0.1, 0.15) is 0 Å². The van der Waals surface area contributed by atoms with E-state index in [4.69, 9.17) is 0 Å². The van der Waals surface area contributed by atoms with Gasteiger partial charge in [-0.05, 0) is 54.3 Å². The molecule has 0 saturated heterocycles. The minimum Gasteiger partial charge on any atom is -0.396 e. The van der Waals surface area contributed by atoms with Crippen molar-refractivity contribution in [2.24, 2.45) is 28.6 Å². The molecule has 0 aliphatic carbocycles. The molecule has 1 N–H and O–H groups in total. The van der Waals surface area contributed by atoms with Crippen LogP contribution in [0.2, 0.25) is 0 Å². The van der Waals surface area contributed by atoms with Gasteiger partial charge in [-0.2, -0.15) is 0 Å². The van der Waals surface area contributed by atoms with Gasteiger partial charge in [0.25, 0.3) is 0 Å². The minimum absolute atomic E-state index is 0.350. The van der Waals surface area contributed by atoms with Gasteiger partial charge in [-0.15, -0.1) is 0 Å².